The maximum atomic E-state index is 13.6. The molecule has 0 heterocycles. The highest BCUT2D eigenvalue weighted by atomic mass is 19.4. The van der Waals surface area contributed by atoms with Crippen molar-refractivity contribution in [3.8, 4) is 11.1 Å². The van der Waals surface area contributed by atoms with Gasteiger partial charge in [-0.05, 0) is 111 Å². The molecule has 0 atom stereocenters. The van der Waals surface area contributed by atoms with Crippen LogP contribution >= 0.6 is 0 Å². The molecule has 2 aliphatic rings. The summed E-state index contributed by atoms with van der Waals surface area (Å²) in [6.45, 7) is 17.7. The zero-order valence-electron chi connectivity index (χ0n) is 24.2. The number of hydrogen-bond donors (Lipinski definition) is 0. The average molecular weight is 527 g/mol. The van der Waals surface area contributed by atoms with Crippen molar-refractivity contribution in [2.45, 2.75) is 78.8 Å². The molecule has 0 saturated carbocycles. The molecule has 0 radical (unpaired) electrons. The van der Waals surface area contributed by atoms with Crippen LogP contribution in [0.1, 0.15) is 101 Å². The molecule has 3 aromatic carbocycles. The van der Waals surface area contributed by atoms with Gasteiger partial charge in [-0.25, -0.2) is 0 Å². The van der Waals surface area contributed by atoms with Gasteiger partial charge in [0.2, 0.25) is 0 Å². The lowest BCUT2D eigenvalue weighted by Gasteiger charge is -2.27. The Morgan fingerprint density at radius 2 is 1.38 bits per heavy atom. The van der Waals surface area contributed by atoms with Gasteiger partial charge in [-0.2, -0.15) is 13.2 Å². The van der Waals surface area contributed by atoms with Crippen molar-refractivity contribution in [3.63, 3.8) is 0 Å². The van der Waals surface area contributed by atoms with Crippen molar-refractivity contribution in [3.05, 3.63) is 111 Å². The van der Waals surface area contributed by atoms with Crippen molar-refractivity contribution < 1.29 is 13.2 Å². The van der Waals surface area contributed by atoms with Gasteiger partial charge in [0.1, 0.15) is 0 Å². The number of benzene rings is 3. The highest BCUT2D eigenvalue weighted by molar-refractivity contribution is 6.10. The SMILES string of the molecule is CC(C)=C1c2cc(C(C)(C)C)ccc2-c2ccc(C(C)(C)C)c(C3=C(c4cccc(C(F)(F)F)c4)C=CC3)c21. The third-order valence-electron chi connectivity index (χ3n) is 7.94. The second-order valence-corrected chi connectivity index (χ2v) is 13.1. The summed E-state index contributed by atoms with van der Waals surface area (Å²) >= 11 is 0. The molecule has 0 amide bonds. The molecule has 0 aromatic heterocycles. The molecule has 0 aliphatic heterocycles. The monoisotopic (exact) mass is 526 g/mol. The Hall–Kier alpha value is -3.33. The van der Waals surface area contributed by atoms with Crippen LogP contribution in [0.2, 0.25) is 0 Å². The zero-order valence-corrected chi connectivity index (χ0v) is 24.2. The van der Waals surface area contributed by atoms with E-state index in [1.807, 2.05) is 6.08 Å². The fraction of sp³-hybridized carbons (Fsp3) is 0.333. The minimum absolute atomic E-state index is 0.0184. The van der Waals surface area contributed by atoms with Gasteiger partial charge >= 0.3 is 6.18 Å². The number of hydrogen-bond acceptors (Lipinski definition) is 0. The Bertz CT molecular complexity index is 1570. The lowest BCUT2D eigenvalue weighted by Crippen LogP contribution is -2.15. The standard InChI is InChI=1S/C36H37F3/c1-21(2)31-29-20-23(34(3,4)5)15-16-26(29)28-17-18-30(35(6,7)8)32(33(28)31)27-14-10-13-25(27)22-11-9-12-24(19-22)36(37,38)39/h9-13,15-20H,14H2,1-8H3. The van der Waals surface area contributed by atoms with Crippen molar-refractivity contribution >= 4 is 16.7 Å². The first-order valence-electron chi connectivity index (χ1n) is 13.7. The van der Waals surface area contributed by atoms with Crippen molar-refractivity contribution in [1.29, 1.82) is 0 Å². The maximum absolute atomic E-state index is 13.6. The number of allylic oxidation sites excluding steroid dienone is 5. The lowest BCUT2D eigenvalue weighted by molar-refractivity contribution is -0.137. The molecule has 0 unspecified atom stereocenters. The van der Waals surface area contributed by atoms with Gasteiger partial charge in [0.25, 0.3) is 0 Å². The third-order valence-corrected chi connectivity index (χ3v) is 7.94. The van der Waals surface area contributed by atoms with Gasteiger partial charge in [0.15, 0.2) is 0 Å². The minimum atomic E-state index is -4.38. The van der Waals surface area contributed by atoms with Crippen LogP contribution in [-0.2, 0) is 17.0 Å². The predicted molar refractivity (Wildman–Crippen MR) is 159 cm³/mol. The van der Waals surface area contributed by atoms with E-state index in [0.29, 0.717) is 12.0 Å². The van der Waals surface area contributed by atoms with E-state index >= 15 is 0 Å². The quantitative estimate of drug-likeness (QED) is 0.244. The molecule has 0 N–H and O–H groups in total. The Morgan fingerprint density at radius 3 is 2.00 bits per heavy atom. The molecule has 0 fully saturated rings. The van der Waals surface area contributed by atoms with Gasteiger partial charge in [0.05, 0.1) is 5.56 Å². The second kappa shape index (κ2) is 9.11. The van der Waals surface area contributed by atoms with Crippen LogP contribution in [0.15, 0.2) is 72.3 Å². The molecule has 2 aliphatic carbocycles. The predicted octanol–water partition coefficient (Wildman–Crippen LogP) is 11.0. The highest BCUT2D eigenvalue weighted by Crippen LogP contribution is 2.53. The molecule has 3 aromatic rings. The van der Waals surface area contributed by atoms with E-state index in [4.69, 9.17) is 0 Å². The van der Waals surface area contributed by atoms with Crippen LogP contribution in [0.3, 0.4) is 0 Å². The van der Waals surface area contributed by atoms with E-state index < -0.39 is 11.7 Å². The summed E-state index contributed by atoms with van der Waals surface area (Å²) in [5, 5.41) is 0. The van der Waals surface area contributed by atoms with Crippen LogP contribution in [-0.4, -0.2) is 0 Å². The third kappa shape index (κ3) is 4.71. The van der Waals surface area contributed by atoms with Crippen LogP contribution < -0.4 is 0 Å². The summed E-state index contributed by atoms with van der Waals surface area (Å²) in [6, 6.07) is 17.1. The summed E-state index contributed by atoms with van der Waals surface area (Å²) in [5.74, 6) is 0. The first kappa shape index (κ1) is 27.2. The molecule has 0 bridgehead atoms. The van der Waals surface area contributed by atoms with Crippen molar-refractivity contribution in [2.24, 2.45) is 0 Å². The molecule has 202 valence electrons. The number of alkyl halides is 3. The molecule has 0 nitrogen and oxygen atoms in total. The summed E-state index contributed by atoms with van der Waals surface area (Å²) in [6.07, 6.45) is 0.382. The van der Waals surface area contributed by atoms with Crippen LogP contribution in [0.25, 0.3) is 27.8 Å². The van der Waals surface area contributed by atoms with Gasteiger partial charge in [-0.3, -0.25) is 0 Å². The normalized spacial score (nSPS) is 15.2. The van der Waals surface area contributed by atoms with E-state index in [-0.39, 0.29) is 10.8 Å². The smallest absolute Gasteiger partial charge is 0.166 e. The maximum Gasteiger partial charge on any atom is 0.416 e. The molecule has 3 heteroatoms. The Labute approximate surface area is 231 Å². The number of rotatable bonds is 2. The van der Waals surface area contributed by atoms with Crippen LogP contribution in [0.4, 0.5) is 13.2 Å². The average Bonchev–Trinajstić information content (AvgIpc) is 3.44. The van der Waals surface area contributed by atoms with Gasteiger partial charge < -0.3 is 0 Å². The first-order valence-corrected chi connectivity index (χ1v) is 13.7. The van der Waals surface area contributed by atoms with Gasteiger partial charge in [0, 0.05) is 0 Å². The second-order valence-electron chi connectivity index (χ2n) is 13.1. The molecule has 0 saturated heterocycles. The Morgan fingerprint density at radius 1 is 0.692 bits per heavy atom. The van der Waals surface area contributed by atoms with E-state index in [2.05, 4.69) is 91.8 Å². The van der Waals surface area contributed by atoms with E-state index in [0.717, 1.165) is 17.2 Å². The zero-order chi connectivity index (χ0) is 28.5. The van der Waals surface area contributed by atoms with Crippen LogP contribution in [0, 0.1) is 0 Å². The van der Waals surface area contributed by atoms with Gasteiger partial charge in [-0.15, -0.1) is 0 Å². The molecule has 0 spiro atoms. The molecular formula is C36H37F3. The number of fused-ring (bicyclic) bond motifs is 3. The molecule has 39 heavy (non-hydrogen) atoms. The fourth-order valence-electron chi connectivity index (χ4n) is 6.01. The Kier molecular flexibility index (Phi) is 6.37. The van der Waals surface area contributed by atoms with E-state index in [1.54, 1.807) is 6.07 Å². The highest BCUT2D eigenvalue weighted by Gasteiger charge is 2.35. The lowest BCUT2D eigenvalue weighted by atomic mass is 9.76. The van der Waals surface area contributed by atoms with Crippen molar-refractivity contribution in [1.82, 2.24) is 0 Å². The van der Waals surface area contributed by atoms with Gasteiger partial charge in [-0.1, -0.05) is 95.7 Å². The first-order chi connectivity index (χ1) is 18.1. The van der Waals surface area contributed by atoms with Crippen LogP contribution in [0.5, 0.6) is 0 Å². The molecule has 5 rings (SSSR count). The summed E-state index contributed by atoms with van der Waals surface area (Å²) in [7, 11) is 0. The summed E-state index contributed by atoms with van der Waals surface area (Å²) in [5.41, 5.74) is 12.9. The Balaban J connectivity index is 1.85. The van der Waals surface area contributed by atoms with Crippen molar-refractivity contribution in [2.75, 3.05) is 0 Å². The minimum Gasteiger partial charge on any atom is -0.166 e. The number of halogens is 3. The van der Waals surface area contributed by atoms with E-state index in [1.165, 1.54) is 62.2 Å². The largest absolute Gasteiger partial charge is 0.416 e. The summed E-state index contributed by atoms with van der Waals surface area (Å²) < 4.78 is 40.9. The topological polar surface area (TPSA) is 0 Å². The molecular weight excluding hydrogens is 489 g/mol. The summed E-state index contributed by atoms with van der Waals surface area (Å²) in [4.78, 5) is 0. The fourth-order valence-corrected chi connectivity index (χ4v) is 6.01. The van der Waals surface area contributed by atoms with E-state index in [9.17, 15) is 13.2 Å².